The highest BCUT2D eigenvalue weighted by Crippen LogP contribution is 2.17. The quantitative estimate of drug-likeness (QED) is 0.720. The molecule has 0 aromatic carbocycles. The van der Waals surface area contributed by atoms with Gasteiger partial charge in [0.05, 0.1) is 5.69 Å². The number of hydrogen-bond acceptors (Lipinski definition) is 3. The van der Waals surface area contributed by atoms with Crippen LogP contribution in [-0.2, 0) is 12.0 Å². The molecule has 3 heteroatoms. The maximum absolute atomic E-state index is 9.81. The number of aromatic nitrogens is 1. The topological polar surface area (TPSA) is 45.1 Å². The van der Waals surface area contributed by atoms with Crippen LogP contribution >= 0.6 is 0 Å². The monoisotopic (exact) mass is 208 g/mol. The lowest BCUT2D eigenvalue weighted by Gasteiger charge is -2.17. The highest BCUT2D eigenvalue weighted by Gasteiger charge is 2.17. The summed E-state index contributed by atoms with van der Waals surface area (Å²) < 4.78 is 0. The molecule has 3 nitrogen and oxygen atoms in total. The third-order valence-corrected chi connectivity index (χ3v) is 2.24. The van der Waals surface area contributed by atoms with Crippen molar-refractivity contribution in [3.8, 4) is 0 Å². The SMILES string of the molecule is CCNCCc1cccc(C(C)(C)O)n1. The summed E-state index contributed by atoms with van der Waals surface area (Å²) >= 11 is 0. The van der Waals surface area contributed by atoms with E-state index < -0.39 is 5.60 Å². The van der Waals surface area contributed by atoms with E-state index in [0.29, 0.717) is 0 Å². The van der Waals surface area contributed by atoms with Crippen LogP contribution in [0.5, 0.6) is 0 Å². The normalized spacial score (nSPS) is 11.7. The van der Waals surface area contributed by atoms with E-state index in [-0.39, 0.29) is 0 Å². The van der Waals surface area contributed by atoms with Crippen LogP contribution in [0.15, 0.2) is 18.2 Å². The van der Waals surface area contributed by atoms with Gasteiger partial charge in [0.2, 0.25) is 0 Å². The fourth-order valence-electron chi connectivity index (χ4n) is 1.35. The first kappa shape index (κ1) is 12.1. The lowest BCUT2D eigenvalue weighted by Crippen LogP contribution is -2.20. The summed E-state index contributed by atoms with van der Waals surface area (Å²) in [5, 5.41) is 13.1. The second-order valence-corrected chi connectivity index (χ2v) is 4.18. The van der Waals surface area contributed by atoms with Gasteiger partial charge in [-0.05, 0) is 32.5 Å². The van der Waals surface area contributed by atoms with Gasteiger partial charge >= 0.3 is 0 Å². The number of nitrogens with zero attached hydrogens (tertiary/aromatic N) is 1. The number of nitrogens with one attached hydrogen (secondary N) is 1. The molecule has 1 aromatic heterocycles. The van der Waals surface area contributed by atoms with E-state index in [1.54, 1.807) is 13.8 Å². The number of likely N-dealkylation sites (N-methyl/N-ethyl adjacent to an activating group) is 1. The largest absolute Gasteiger partial charge is 0.384 e. The summed E-state index contributed by atoms with van der Waals surface area (Å²) in [6, 6.07) is 5.80. The predicted octanol–water partition coefficient (Wildman–Crippen LogP) is 1.46. The van der Waals surface area contributed by atoms with E-state index in [4.69, 9.17) is 0 Å². The zero-order valence-corrected chi connectivity index (χ0v) is 9.75. The zero-order valence-electron chi connectivity index (χ0n) is 9.75. The Morgan fingerprint density at radius 1 is 1.40 bits per heavy atom. The van der Waals surface area contributed by atoms with Gasteiger partial charge in [0.1, 0.15) is 5.60 Å². The third-order valence-electron chi connectivity index (χ3n) is 2.24. The van der Waals surface area contributed by atoms with Gasteiger partial charge in [-0.15, -0.1) is 0 Å². The highest BCUT2D eigenvalue weighted by atomic mass is 16.3. The van der Waals surface area contributed by atoms with Crippen LogP contribution in [0.2, 0.25) is 0 Å². The summed E-state index contributed by atoms with van der Waals surface area (Å²) in [5.41, 5.74) is 0.904. The van der Waals surface area contributed by atoms with Crippen molar-refractivity contribution in [2.75, 3.05) is 13.1 Å². The predicted molar refractivity (Wildman–Crippen MR) is 61.7 cm³/mol. The van der Waals surface area contributed by atoms with Gasteiger partial charge in [0.25, 0.3) is 0 Å². The first-order valence-electron chi connectivity index (χ1n) is 5.43. The van der Waals surface area contributed by atoms with Crippen LogP contribution in [0, 0.1) is 0 Å². The molecule has 0 spiro atoms. The van der Waals surface area contributed by atoms with Crippen LogP contribution < -0.4 is 5.32 Å². The molecule has 1 heterocycles. The molecule has 0 atom stereocenters. The Labute approximate surface area is 91.5 Å². The minimum atomic E-state index is -0.853. The van der Waals surface area contributed by atoms with Crippen molar-refractivity contribution in [2.24, 2.45) is 0 Å². The Bertz CT molecular complexity index is 305. The first-order valence-corrected chi connectivity index (χ1v) is 5.43. The molecule has 0 bridgehead atoms. The van der Waals surface area contributed by atoms with Gasteiger partial charge in [-0.3, -0.25) is 4.98 Å². The van der Waals surface area contributed by atoms with Gasteiger partial charge in [-0.2, -0.15) is 0 Å². The number of pyridine rings is 1. The Hall–Kier alpha value is -0.930. The Kier molecular flexibility index (Phi) is 4.24. The first-order chi connectivity index (χ1) is 7.04. The maximum Gasteiger partial charge on any atom is 0.101 e. The van der Waals surface area contributed by atoms with E-state index in [2.05, 4.69) is 17.2 Å². The minimum Gasteiger partial charge on any atom is -0.384 e. The molecule has 0 radical (unpaired) electrons. The second kappa shape index (κ2) is 5.24. The van der Waals surface area contributed by atoms with Crippen molar-refractivity contribution in [2.45, 2.75) is 32.8 Å². The van der Waals surface area contributed by atoms with Crippen molar-refractivity contribution in [3.05, 3.63) is 29.6 Å². The van der Waals surface area contributed by atoms with Crippen molar-refractivity contribution >= 4 is 0 Å². The van der Waals surface area contributed by atoms with Crippen LogP contribution in [-0.4, -0.2) is 23.2 Å². The second-order valence-electron chi connectivity index (χ2n) is 4.18. The molecule has 0 saturated carbocycles. The van der Waals surface area contributed by atoms with E-state index in [1.807, 2.05) is 18.2 Å². The van der Waals surface area contributed by atoms with Crippen molar-refractivity contribution in [1.82, 2.24) is 10.3 Å². The standard InChI is InChI=1S/C12H20N2O/c1-4-13-9-8-10-6-5-7-11(14-10)12(2,3)15/h5-7,13,15H,4,8-9H2,1-3H3. The molecular formula is C12H20N2O. The maximum atomic E-state index is 9.81. The van der Waals surface area contributed by atoms with E-state index in [1.165, 1.54) is 0 Å². The molecule has 0 amide bonds. The summed E-state index contributed by atoms with van der Waals surface area (Å²) in [6.07, 6.45) is 0.901. The van der Waals surface area contributed by atoms with Crippen molar-refractivity contribution in [3.63, 3.8) is 0 Å². The van der Waals surface area contributed by atoms with Crippen molar-refractivity contribution in [1.29, 1.82) is 0 Å². The molecular weight excluding hydrogens is 188 g/mol. The zero-order chi connectivity index (χ0) is 11.3. The van der Waals surface area contributed by atoms with E-state index in [9.17, 15) is 5.11 Å². The molecule has 0 fully saturated rings. The van der Waals surface area contributed by atoms with Gasteiger partial charge in [0.15, 0.2) is 0 Å². The molecule has 0 saturated heterocycles. The van der Waals surface area contributed by atoms with E-state index >= 15 is 0 Å². The summed E-state index contributed by atoms with van der Waals surface area (Å²) in [4.78, 5) is 4.43. The lowest BCUT2D eigenvalue weighted by atomic mass is 10.0. The fourth-order valence-corrected chi connectivity index (χ4v) is 1.35. The van der Waals surface area contributed by atoms with Gasteiger partial charge in [-0.1, -0.05) is 13.0 Å². The van der Waals surface area contributed by atoms with E-state index in [0.717, 1.165) is 30.9 Å². The molecule has 1 aromatic rings. The molecule has 0 aliphatic carbocycles. The smallest absolute Gasteiger partial charge is 0.101 e. The average molecular weight is 208 g/mol. The Morgan fingerprint density at radius 3 is 2.73 bits per heavy atom. The fraction of sp³-hybridized carbons (Fsp3) is 0.583. The average Bonchev–Trinajstić information content (AvgIpc) is 2.17. The van der Waals surface area contributed by atoms with Crippen LogP contribution in [0.3, 0.4) is 0 Å². The molecule has 0 aliphatic rings. The summed E-state index contributed by atoms with van der Waals surface area (Å²) in [6.45, 7) is 7.50. The third kappa shape index (κ3) is 3.98. The lowest BCUT2D eigenvalue weighted by molar-refractivity contribution is 0.0736. The molecule has 0 aliphatic heterocycles. The summed E-state index contributed by atoms with van der Waals surface area (Å²) in [7, 11) is 0. The molecule has 84 valence electrons. The highest BCUT2D eigenvalue weighted by molar-refractivity contribution is 5.16. The molecule has 0 unspecified atom stereocenters. The summed E-state index contributed by atoms with van der Waals surface area (Å²) in [5.74, 6) is 0. The number of hydrogen-bond donors (Lipinski definition) is 2. The van der Waals surface area contributed by atoms with Crippen molar-refractivity contribution < 1.29 is 5.11 Å². The van der Waals surface area contributed by atoms with Gasteiger partial charge in [-0.25, -0.2) is 0 Å². The number of rotatable bonds is 5. The molecule has 1 rings (SSSR count). The minimum absolute atomic E-state index is 0.733. The van der Waals surface area contributed by atoms with Gasteiger partial charge in [0, 0.05) is 18.7 Å². The molecule has 2 N–H and O–H groups in total. The van der Waals surface area contributed by atoms with Crippen LogP contribution in [0.1, 0.15) is 32.2 Å². The van der Waals surface area contributed by atoms with Crippen LogP contribution in [0.25, 0.3) is 0 Å². The number of aliphatic hydroxyl groups is 1. The molecule has 15 heavy (non-hydrogen) atoms. The Balaban J connectivity index is 2.66. The Morgan fingerprint density at radius 2 is 2.13 bits per heavy atom. The van der Waals surface area contributed by atoms with Gasteiger partial charge < -0.3 is 10.4 Å². The van der Waals surface area contributed by atoms with Crippen LogP contribution in [0.4, 0.5) is 0 Å².